The van der Waals surface area contributed by atoms with Gasteiger partial charge >= 0.3 is 0 Å². The summed E-state index contributed by atoms with van der Waals surface area (Å²) >= 11 is 0. The fraction of sp³-hybridized carbons (Fsp3) is 0.278. The first-order chi connectivity index (χ1) is 11.1. The standard InChI is InChI=1S/C18H22N4O/c1-21(2)12-13-22(15-16-6-5-10-19-14-16)18(23)9-8-17-7-3-4-11-20-17/h3-11,14H,12-13,15H2,1-2H3. The minimum atomic E-state index is -0.0265. The number of nitrogens with zero attached hydrogens (tertiary/aromatic N) is 4. The largest absolute Gasteiger partial charge is 0.333 e. The maximum absolute atomic E-state index is 12.5. The maximum atomic E-state index is 12.5. The molecule has 0 aliphatic carbocycles. The highest BCUT2D eigenvalue weighted by Gasteiger charge is 2.11. The molecule has 0 fully saturated rings. The molecule has 0 unspecified atom stereocenters. The normalized spacial score (nSPS) is 11.1. The van der Waals surface area contributed by atoms with Gasteiger partial charge in [-0.05, 0) is 43.9 Å². The summed E-state index contributed by atoms with van der Waals surface area (Å²) in [6.45, 7) is 2.02. The van der Waals surface area contributed by atoms with Gasteiger partial charge in [0.25, 0.3) is 0 Å². The number of amides is 1. The number of hydrogen-bond donors (Lipinski definition) is 0. The molecule has 5 heteroatoms. The van der Waals surface area contributed by atoms with Crippen LogP contribution in [0.25, 0.3) is 6.08 Å². The van der Waals surface area contributed by atoms with E-state index in [1.807, 2.05) is 49.3 Å². The van der Waals surface area contributed by atoms with E-state index >= 15 is 0 Å². The Bertz CT molecular complexity index is 626. The second-order valence-electron chi connectivity index (χ2n) is 5.51. The zero-order valence-corrected chi connectivity index (χ0v) is 13.6. The van der Waals surface area contributed by atoms with Crippen LogP contribution in [0.2, 0.25) is 0 Å². The Hall–Kier alpha value is -2.53. The molecule has 0 spiro atoms. The predicted octanol–water partition coefficient (Wildman–Crippen LogP) is 2.08. The molecule has 0 atom stereocenters. The summed E-state index contributed by atoms with van der Waals surface area (Å²) in [5.41, 5.74) is 1.79. The Morgan fingerprint density at radius 1 is 1.13 bits per heavy atom. The third-order valence-electron chi connectivity index (χ3n) is 3.31. The molecule has 0 aliphatic rings. The monoisotopic (exact) mass is 310 g/mol. The van der Waals surface area contributed by atoms with Crippen molar-refractivity contribution < 1.29 is 4.79 Å². The first kappa shape index (κ1) is 16.8. The summed E-state index contributed by atoms with van der Waals surface area (Å²) in [7, 11) is 3.99. The summed E-state index contributed by atoms with van der Waals surface area (Å²) in [5, 5.41) is 0. The van der Waals surface area contributed by atoms with Crippen molar-refractivity contribution in [2.75, 3.05) is 27.2 Å². The molecule has 0 aromatic carbocycles. The second kappa shape index (κ2) is 8.80. The molecule has 23 heavy (non-hydrogen) atoms. The van der Waals surface area contributed by atoms with Gasteiger partial charge in [0, 0.05) is 44.3 Å². The average Bonchev–Trinajstić information content (AvgIpc) is 2.58. The van der Waals surface area contributed by atoms with Gasteiger partial charge in [-0.2, -0.15) is 0 Å². The number of likely N-dealkylation sites (N-methyl/N-ethyl adjacent to an activating group) is 1. The number of aromatic nitrogens is 2. The van der Waals surface area contributed by atoms with Gasteiger partial charge < -0.3 is 9.80 Å². The summed E-state index contributed by atoms with van der Waals surface area (Å²) in [4.78, 5) is 24.7. The Kier molecular flexibility index (Phi) is 6.44. The van der Waals surface area contributed by atoms with Gasteiger partial charge in [0.1, 0.15) is 0 Å². The minimum Gasteiger partial charge on any atom is -0.333 e. The smallest absolute Gasteiger partial charge is 0.246 e. The molecule has 0 saturated heterocycles. The van der Waals surface area contributed by atoms with Crippen molar-refractivity contribution in [1.29, 1.82) is 0 Å². The van der Waals surface area contributed by atoms with E-state index in [4.69, 9.17) is 0 Å². The zero-order valence-electron chi connectivity index (χ0n) is 13.6. The van der Waals surface area contributed by atoms with Crippen LogP contribution in [-0.4, -0.2) is 52.9 Å². The van der Waals surface area contributed by atoms with Crippen LogP contribution >= 0.6 is 0 Å². The van der Waals surface area contributed by atoms with Crippen LogP contribution in [0.3, 0.4) is 0 Å². The zero-order chi connectivity index (χ0) is 16.5. The van der Waals surface area contributed by atoms with E-state index in [2.05, 4.69) is 14.9 Å². The quantitative estimate of drug-likeness (QED) is 0.735. The van der Waals surface area contributed by atoms with Crippen LogP contribution in [0.1, 0.15) is 11.3 Å². The number of rotatable bonds is 7. The first-order valence-electron chi connectivity index (χ1n) is 7.57. The van der Waals surface area contributed by atoms with E-state index in [0.29, 0.717) is 13.1 Å². The van der Waals surface area contributed by atoms with Crippen molar-refractivity contribution in [3.8, 4) is 0 Å². The van der Waals surface area contributed by atoms with Crippen molar-refractivity contribution in [2.45, 2.75) is 6.54 Å². The van der Waals surface area contributed by atoms with Crippen molar-refractivity contribution in [3.63, 3.8) is 0 Å². The minimum absolute atomic E-state index is 0.0265. The first-order valence-corrected chi connectivity index (χ1v) is 7.57. The number of carbonyl (C=O) groups is 1. The molecule has 0 N–H and O–H groups in total. The molecule has 0 bridgehead atoms. The molecule has 5 nitrogen and oxygen atoms in total. The molecule has 2 rings (SSSR count). The Labute approximate surface area is 137 Å². The van der Waals surface area contributed by atoms with E-state index in [1.54, 1.807) is 30.7 Å². The molecule has 120 valence electrons. The van der Waals surface area contributed by atoms with Gasteiger partial charge in [0.05, 0.1) is 5.69 Å². The van der Waals surface area contributed by atoms with Crippen LogP contribution in [0.4, 0.5) is 0 Å². The fourth-order valence-electron chi connectivity index (χ4n) is 2.04. The van der Waals surface area contributed by atoms with Crippen LogP contribution in [0.5, 0.6) is 0 Å². The van der Waals surface area contributed by atoms with E-state index in [-0.39, 0.29) is 5.91 Å². The van der Waals surface area contributed by atoms with Crippen LogP contribution < -0.4 is 0 Å². The molecule has 2 aromatic heterocycles. The van der Waals surface area contributed by atoms with Crippen molar-refractivity contribution in [3.05, 3.63) is 66.3 Å². The van der Waals surface area contributed by atoms with Gasteiger partial charge in [-0.25, -0.2) is 0 Å². The number of pyridine rings is 2. The Morgan fingerprint density at radius 3 is 2.65 bits per heavy atom. The fourth-order valence-corrected chi connectivity index (χ4v) is 2.04. The van der Waals surface area contributed by atoms with Crippen LogP contribution in [-0.2, 0) is 11.3 Å². The van der Waals surface area contributed by atoms with Crippen molar-refractivity contribution >= 4 is 12.0 Å². The summed E-state index contributed by atoms with van der Waals surface area (Å²) in [5.74, 6) is -0.0265. The second-order valence-corrected chi connectivity index (χ2v) is 5.51. The lowest BCUT2D eigenvalue weighted by Crippen LogP contribution is -2.35. The third kappa shape index (κ3) is 6.00. The Balaban J connectivity index is 2.05. The van der Waals surface area contributed by atoms with Gasteiger partial charge in [-0.15, -0.1) is 0 Å². The molecule has 0 saturated carbocycles. The van der Waals surface area contributed by atoms with Crippen molar-refractivity contribution in [2.24, 2.45) is 0 Å². The molecular weight excluding hydrogens is 288 g/mol. The van der Waals surface area contributed by atoms with E-state index in [1.165, 1.54) is 0 Å². The highest BCUT2D eigenvalue weighted by atomic mass is 16.2. The highest BCUT2D eigenvalue weighted by Crippen LogP contribution is 2.05. The van der Waals surface area contributed by atoms with E-state index < -0.39 is 0 Å². The Morgan fingerprint density at radius 2 is 2.00 bits per heavy atom. The molecule has 2 aromatic rings. The summed E-state index contributed by atoms with van der Waals surface area (Å²) in [6.07, 6.45) is 8.56. The van der Waals surface area contributed by atoms with Gasteiger partial charge in [-0.1, -0.05) is 12.1 Å². The SMILES string of the molecule is CN(C)CCN(Cc1cccnc1)C(=O)C=Cc1ccccn1. The molecular formula is C18H22N4O. The van der Waals surface area contributed by atoms with Gasteiger partial charge in [-0.3, -0.25) is 14.8 Å². The molecule has 2 heterocycles. The van der Waals surface area contributed by atoms with E-state index in [9.17, 15) is 4.79 Å². The number of carbonyl (C=O) groups excluding carboxylic acids is 1. The van der Waals surface area contributed by atoms with Gasteiger partial charge in [0.2, 0.25) is 5.91 Å². The molecule has 0 aliphatic heterocycles. The lowest BCUT2D eigenvalue weighted by Gasteiger charge is -2.23. The molecule has 0 radical (unpaired) electrons. The lowest BCUT2D eigenvalue weighted by molar-refractivity contribution is -0.126. The average molecular weight is 310 g/mol. The topological polar surface area (TPSA) is 49.3 Å². The summed E-state index contributed by atoms with van der Waals surface area (Å²) in [6, 6.07) is 9.48. The van der Waals surface area contributed by atoms with Crippen molar-refractivity contribution in [1.82, 2.24) is 19.8 Å². The van der Waals surface area contributed by atoms with E-state index in [0.717, 1.165) is 17.8 Å². The summed E-state index contributed by atoms with van der Waals surface area (Å²) < 4.78 is 0. The highest BCUT2D eigenvalue weighted by molar-refractivity contribution is 5.91. The lowest BCUT2D eigenvalue weighted by atomic mass is 10.2. The van der Waals surface area contributed by atoms with Crippen LogP contribution in [0.15, 0.2) is 55.0 Å². The number of hydrogen-bond acceptors (Lipinski definition) is 4. The molecule has 1 amide bonds. The van der Waals surface area contributed by atoms with Gasteiger partial charge in [0.15, 0.2) is 0 Å². The predicted molar refractivity (Wildman–Crippen MR) is 91.5 cm³/mol. The third-order valence-corrected chi connectivity index (χ3v) is 3.31. The van der Waals surface area contributed by atoms with Crippen LogP contribution in [0, 0.1) is 0 Å². The maximum Gasteiger partial charge on any atom is 0.246 e.